The second-order valence-corrected chi connectivity index (χ2v) is 15.1. The Kier molecular flexibility index (Phi) is 17.6. The first-order chi connectivity index (χ1) is 24.9. The number of methoxy groups -OCH3 is 1. The Balaban J connectivity index is 1.96. The number of aldehydes is 1. The highest BCUT2D eigenvalue weighted by molar-refractivity contribution is 5.91. The molecule has 304 valence electrons. The fraction of sp³-hybridized carbons (Fsp3) is 0.816. The van der Waals surface area contributed by atoms with Gasteiger partial charge < -0.3 is 63.6 Å². The van der Waals surface area contributed by atoms with Crippen LogP contribution in [0.2, 0.25) is 0 Å². The molecule has 0 aromatic rings. The molecule has 0 radical (unpaired) electrons. The summed E-state index contributed by atoms with van der Waals surface area (Å²) in [6.07, 6.45) is -6.88. The minimum absolute atomic E-state index is 0.0342. The van der Waals surface area contributed by atoms with Gasteiger partial charge in [0.25, 0.3) is 0 Å². The van der Waals surface area contributed by atoms with E-state index in [9.17, 15) is 39.9 Å². The molecule has 53 heavy (non-hydrogen) atoms. The topological polar surface area (TPSA) is 211 Å². The minimum Gasteiger partial charge on any atom is -0.462 e. The standard InChI is InChI=1S/C38H63NO14/c1-10-28-25(18-49-38-36(48-9)34(47)32(45)23(6)51-38)15-19(2)11-12-26(41)20(3)16-24(13-14-40)35(21(4)27(42)17-29(43)52-28)53-37-33(46)30(39(7)8)31(44)22(5)50-37/h11-12,14-15,20-25,27-28,30-38,42,44-47H,10,13,16-18H2,1-9H3/b12-11+,19-15-/t20-,21+,22-,23-,24+,25-,27-,28?,30+,31-,32-,33-,34-,35?,36-,37+,38-/m1/s1. The number of cyclic esters (lactones) is 1. The molecule has 3 aliphatic heterocycles. The highest BCUT2D eigenvalue weighted by Gasteiger charge is 2.48. The third kappa shape index (κ3) is 11.7. The van der Waals surface area contributed by atoms with E-state index in [0.29, 0.717) is 18.3 Å². The maximum Gasteiger partial charge on any atom is 0.308 e. The van der Waals surface area contributed by atoms with E-state index in [4.69, 9.17) is 28.4 Å². The maximum atomic E-state index is 13.5. The lowest BCUT2D eigenvalue weighted by Crippen LogP contribution is -2.63. The van der Waals surface area contributed by atoms with Crippen molar-refractivity contribution in [3.63, 3.8) is 0 Å². The second-order valence-electron chi connectivity index (χ2n) is 15.1. The number of allylic oxidation sites excluding steroid dienone is 3. The summed E-state index contributed by atoms with van der Waals surface area (Å²) in [4.78, 5) is 40.6. The zero-order valence-corrected chi connectivity index (χ0v) is 32.5. The van der Waals surface area contributed by atoms with Crippen molar-refractivity contribution >= 4 is 18.0 Å². The first-order valence-electron chi connectivity index (χ1n) is 18.7. The fourth-order valence-electron chi connectivity index (χ4n) is 7.51. The smallest absolute Gasteiger partial charge is 0.308 e. The van der Waals surface area contributed by atoms with Crippen LogP contribution in [0.4, 0.5) is 0 Å². The highest BCUT2D eigenvalue weighted by Crippen LogP contribution is 2.34. The summed E-state index contributed by atoms with van der Waals surface area (Å²) in [7, 11) is 4.78. The van der Waals surface area contributed by atoms with Gasteiger partial charge in [0.05, 0.1) is 49.6 Å². The van der Waals surface area contributed by atoms with Gasteiger partial charge in [0.2, 0.25) is 0 Å². The van der Waals surface area contributed by atoms with E-state index in [2.05, 4.69) is 0 Å². The van der Waals surface area contributed by atoms with Crippen LogP contribution in [0.5, 0.6) is 0 Å². The van der Waals surface area contributed by atoms with Crippen LogP contribution in [0, 0.1) is 23.7 Å². The number of aliphatic hydroxyl groups excluding tert-OH is 5. The molecule has 0 aromatic carbocycles. The van der Waals surface area contributed by atoms with E-state index in [1.54, 1.807) is 59.7 Å². The van der Waals surface area contributed by atoms with E-state index in [1.807, 2.05) is 13.0 Å². The zero-order valence-electron chi connectivity index (χ0n) is 32.5. The van der Waals surface area contributed by atoms with Gasteiger partial charge >= 0.3 is 5.97 Å². The van der Waals surface area contributed by atoms with Gasteiger partial charge in [-0.2, -0.15) is 0 Å². The number of esters is 1. The summed E-state index contributed by atoms with van der Waals surface area (Å²) in [5.74, 6) is -3.48. The number of hydrogen-bond donors (Lipinski definition) is 5. The van der Waals surface area contributed by atoms with Gasteiger partial charge in [-0.1, -0.05) is 38.5 Å². The molecule has 0 amide bonds. The van der Waals surface area contributed by atoms with Crippen LogP contribution in [0.1, 0.15) is 67.2 Å². The Hall–Kier alpha value is -2.15. The maximum absolute atomic E-state index is 13.5. The van der Waals surface area contributed by atoms with Crippen LogP contribution in [-0.4, -0.2) is 156 Å². The van der Waals surface area contributed by atoms with Gasteiger partial charge in [0.15, 0.2) is 18.4 Å². The molecule has 2 unspecified atom stereocenters. The number of likely N-dealkylation sites (N-methyl/N-ethyl adjacent to an activating group) is 1. The fourth-order valence-corrected chi connectivity index (χ4v) is 7.51. The summed E-state index contributed by atoms with van der Waals surface area (Å²) in [5, 5.41) is 54.4. The highest BCUT2D eigenvalue weighted by atomic mass is 16.7. The summed E-state index contributed by atoms with van der Waals surface area (Å²) < 4.78 is 35.6. The van der Waals surface area contributed by atoms with Crippen molar-refractivity contribution in [2.75, 3.05) is 27.8 Å². The van der Waals surface area contributed by atoms with Gasteiger partial charge in [0, 0.05) is 31.3 Å². The molecule has 15 heteroatoms. The molecule has 0 saturated carbocycles. The number of nitrogens with zero attached hydrogens (tertiary/aromatic N) is 1. The molecule has 0 aromatic heterocycles. The van der Waals surface area contributed by atoms with E-state index < -0.39 is 116 Å². The van der Waals surface area contributed by atoms with Crippen LogP contribution < -0.4 is 0 Å². The molecular weight excluding hydrogens is 694 g/mol. The molecule has 2 saturated heterocycles. The van der Waals surface area contributed by atoms with Gasteiger partial charge in [-0.25, -0.2) is 0 Å². The average molecular weight is 758 g/mol. The Bertz CT molecular complexity index is 1250. The van der Waals surface area contributed by atoms with E-state index in [-0.39, 0.29) is 25.2 Å². The third-order valence-electron chi connectivity index (χ3n) is 10.9. The summed E-state index contributed by atoms with van der Waals surface area (Å²) in [6, 6.07) is -0.746. The summed E-state index contributed by atoms with van der Waals surface area (Å²) >= 11 is 0. The van der Waals surface area contributed by atoms with Gasteiger partial charge in [0.1, 0.15) is 36.8 Å². The van der Waals surface area contributed by atoms with Crippen molar-refractivity contribution in [2.45, 2.75) is 147 Å². The number of carbonyl (C=O) groups excluding carboxylic acids is 3. The van der Waals surface area contributed by atoms with Gasteiger partial charge in [-0.15, -0.1) is 0 Å². The normalized spacial score (nSPS) is 44.2. The predicted molar refractivity (Wildman–Crippen MR) is 191 cm³/mol. The number of ether oxygens (including phenoxy) is 6. The van der Waals surface area contributed by atoms with Crippen molar-refractivity contribution in [1.29, 1.82) is 0 Å². The molecule has 3 aliphatic rings. The second kappa shape index (κ2) is 20.7. The molecule has 2 fully saturated rings. The van der Waals surface area contributed by atoms with E-state index >= 15 is 0 Å². The number of aliphatic hydroxyl groups is 5. The molecule has 0 bridgehead atoms. The lowest BCUT2D eigenvalue weighted by atomic mass is 9.79. The largest absolute Gasteiger partial charge is 0.462 e. The summed E-state index contributed by atoms with van der Waals surface area (Å²) in [5.41, 5.74) is 0.673. The molecule has 15 nitrogen and oxygen atoms in total. The number of hydrogen-bond acceptors (Lipinski definition) is 15. The molecule has 17 atom stereocenters. The molecule has 0 spiro atoms. The lowest BCUT2D eigenvalue weighted by Gasteiger charge is -2.46. The molecule has 5 N–H and O–H groups in total. The molecular formula is C38H63NO14. The Morgan fingerprint density at radius 2 is 1.55 bits per heavy atom. The lowest BCUT2D eigenvalue weighted by molar-refractivity contribution is -0.304. The first-order valence-corrected chi connectivity index (χ1v) is 18.7. The van der Waals surface area contributed by atoms with E-state index in [1.165, 1.54) is 13.2 Å². The summed E-state index contributed by atoms with van der Waals surface area (Å²) in [6.45, 7) is 10.2. The van der Waals surface area contributed by atoms with Crippen molar-refractivity contribution in [1.82, 2.24) is 4.90 Å². The number of ketones is 1. The van der Waals surface area contributed by atoms with Crippen molar-refractivity contribution in [3.05, 3.63) is 23.8 Å². The Morgan fingerprint density at radius 1 is 0.906 bits per heavy atom. The van der Waals surface area contributed by atoms with Crippen molar-refractivity contribution in [3.8, 4) is 0 Å². The predicted octanol–water partition coefficient (Wildman–Crippen LogP) is 0.908. The minimum atomic E-state index is -1.33. The van der Waals surface area contributed by atoms with Gasteiger partial charge in [-0.3, -0.25) is 9.59 Å². The van der Waals surface area contributed by atoms with Crippen LogP contribution in [0.25, 0.3) is 0 Å². The number of rotatable bonds is 10. The van der Waals surface area contributed by atoms with Crippen LogP contribution >= 0.6 is 0 Å². The van der Waals surface area contributed by atoms with E-state index in [0.717, 1.165) is 0 Å². The molecule has 3 rings (SSSR count). The zero-order chi connectivity index (χ0) is 39.7. The quantitative estimate of drug-likeness (QED) is 0.155. The molecule has 0 aliphatic carbocycles. The molecule has 3 heterocycles. The van der Waals surface area contributed by atoms with Crippen LogP contribution in [0.3, 0.4) is 0 Å². The first kappa shape index (κ1) is 45.2. The number of carbonyl (C=O) groups is 3. The monoisotopic (exact) mass is 757 g/mol. The van der Waals surface area contributed by atoms with Crippen LogP contribution in [0.15, 0.2) is 23.8 Å². The van der Waals surface area contributed by atoms with Crippen molar-refractivity contribution in [2.24, 2.45) is 23.7 Å². The van der Waals surface area contributed by atoms with Crippen LogP contribution in [-0.2, 0) is 42.8 Å². The van der Waals surface area contributed by atoms with Gasteiger partial charge in [-0.05, 0) is 59.7 Å². The third-order valence-corrected chi connectivity index (χ3v) is 10.9. The average Bonchev–Trinajstić information content (AvgIpc) is 3.10. The van der Waals surface area contributed by atoms with Crippen molar-refractivity contribution < 1.29 is 68.3 Å². The Labute approximate surface area is 313 Å². The Morgan fingerprint density at radius 3 is 2.15 bits per heavy atom. The SMILES string of the molecule is CCC1OC(=O)C[C@@H](O)[C@H](C)C(O[C@@H]2O[C@H](C)[C@@H](O)[C@H](N(C)C)[C@H]2O)[C@@H](CC=O)C[C@@H](C)C(=O)/C=C/C(C)=C\[C@@H]1CO[C@@H]1O[C@H](C)[C@@H](O)[C@@H](O)[C@H]1OC.